The van der Waals surface area contributed by atoms with Crippen LogP contribution in [0, 0.1) is 5.92 Å². The number of ether oxygens (including phenoxy) is 1. The monoisotopic (exact) mass is 279 g/mol. The van der Waals surface area contributed by atoms with Crippen molar-refractivity contribution in [2.75, 3.05) is 13.7 Å². The Balaban J connectivity index is 1.70. The lowest BCUT2D eigenvalue weighted by molar-refractivity contribution is -0.0609. The molecule has 2 fully saturated rings. The van der Waals surface area contributed by atoms with Gasteiger partial charge in [-0.1, -0.05) is 12.1 Å². The molecule has 112 valence electrons. The molecule has 0 spiro atoms. The van der Waals surface area contributed by atoms with Crippen molar-refractivity contribution in [1.29, 1.82) is 0 Å². The van der Waals surface area contributed by atoms with Crippen molar-refractivity contribution in [3.05, 3.63) is 11.7 Å². The Labute approximate surface area is 120 Å². The minimum absolute atomic E-state index is 0.322. The molecular weight excluding hydrogens is 254 g/mol. The summed E-state index contributed by atoms with van der Waals surface area (Å²) < 4.78 is 11.2. The molecule has 1 aliphatic heterocycles. The molecule has 5 heteroatoms. The van der Waals surface area contributed by atoms with Gasteiger partial charge in [-0.3, -0.25) is 0 Å². The summed E-state index contributed by atoms with van der Waals surface area (Å²) in [5, 5.41) is 7.68. The largest absolute Gasteiger partial charge is 0.370 e. The summed E-state index contributed by atoms with van der Waals surface area (Å²) >= 11 is 0. The van der Waals surface area contributed by atoms with Crippen LogP contribution in [0.2, 0.25) is 0 Å². The molecular formula is C15H25N3O2. The summed E-state index contributed by atoms with van der Waals surface area (Å²) in [5.74, 6) is 2.27. The molecule has 0 bridgehead atoms. The topological polar surface area (TPSA) is 60.2 Å². The van der Waals surface area contributed by atoms with E-state index in [1.165, 1.54) is 25.7 Å². The molecule has 2 heterocycles. The van der Waals surface area contributed by atoms with Crippen LogP contribution in [-0.2, 0) is 16.8 Å². The summed E-state index contributed by atoms with van der Waals surface area (Å²) in [7, 11) is 1.77. The average molecular weight is 279 g/mol. The fourth-order valence-corrected chi connectivity index (χ4v) is 3.41. The molecule has 1 aliphatic carbocycles. The van der Waals surface area contributed by atoms with Gasteiger partial charge >= 0.3 is 0 Å². The summed E-state index contributed by atoms with van der Waals surface area (Å²) in [6.07, 6.45) is 7.60. The highest BCUT2D eigenvalue weighted by Crippen LogP contribution is 2.40. The quantitative estimate of drug-likeness (QED) is 0.917. The lowest BCUT2D eigenvalue weighted by Crippen LogP contribution is -2.34. The Hall–Kier alpha value is -0.940. The molecule has 0 amide bonds. The van der Waals surface area contributed by atoms with Gasteiger partial charge in [-0.15, -0.1) is 0 Å². The molecule has 20 heavy (non-hydrogen) atoms. The van der Waals surface area contributed by atoms with Crippen LogP contribution in [0.3, 0.4) is 0 Å². The van der Waals surface area contributed by atoms with Gasteiger partial charge in [0.25, 0.3) is 0 Å². The van der Waals surface area contributed by atoms with Crippen molar-refractivity contribution in [3.63, 3.8) is 0 Å². The standard InChI is InChI=1S/C15H25N3O2/c1-11-5-7-15(19-2,8-6-11)14-17-13(20-18-14)10-12-4-3-9-16-12/h11-12,16H,3-10H2,1-2H3. The van der Waals surface area contributed by atoms with E-state index in [4.69, 9.17) is 9.26 Å². The number of rotatable bonds is 4. The molecule has 3 rings (SSSR count). The minimum atomic E-state index is -0.322. The highest BCUT2D eigenvalue weighted by Gasteiger charge is 2.40. The van der Waals surface area contributed by atoms with Crippen molar-refractivity contribution in [2.24, 2.45) is 5.92 Å². The zero-order valence-corrected chi connectivity index (χ0v) is 12.5. The van der Waals surface area contributed by atoms with E-state index < -0.39 is 0 Å². The third-order valence-electron chi connectivity index (χ3n) is 4.93. The average Bonchev–Trinajstić information content (AvgIpc) is 3.13. The van der Waals surface area contributed by atoms with Crippen LogP contribution in [0.5, 0.6) is 0 Å². The molecule has 1 aromatic heterocycles. The van der Waals surface area contributed by atoms with Crippen LogP contribution < -0.4 is 5.32 Å². The molecule has 0 aromatic carbocycles. The second-order valence-corrected chi connectivity index (χ2v) is 6.39. The number of aromatic nitrogens is 2. The van der Waals surface area contributed by atoms with E-state index in [-0.39, 0.29) is 5.60 Å². The smallest absolute Gasteiger partial charge is 0.228 e. The molecule has 1 saturated carbocycles. The lowest BCUT2D eigenvalue weighted by Gasteiger charge is -2.35. The van der Waals surface area contributed by atoms with E-state index in [2.05, 4.69) is 22.4 Å². The van der Waals surface area contributed by atoms with Gasteiger partial charge in [-0.05, 0) is 51.0 Å². The first-order valence-corrected chi connectivity index (χ1v) is 7.83. The second kappa shape index (κ2) is 5.82. The van der Waals surface area contributed by atoms with Gasteiger partial charge in [-0.25, -0.2) is 0 Å². The van der Waals surface area contributed by atoms with Crippen LogP contribution >= 0.6 is 0 Å². The van der Waals surface area contributed by atoms with Crippen molar-refractivity contribution in [1.82, 2.24) is 15.5 Å². The van der Waals surface area contributed by atoms with Gasteiger partial charge in [0.05, 0.1) is 0 Å². The van der Waals surface area contributed by atoms with Crippen molar-refractivity contribution in [3.8, 4) is 0 Å². The van der Waals surface area contributed by atoms with E-state index >= 15 is 0 Å². The first-order valence-electron chi connectivity index (χ1n) is 7.83. The molecule has 1 N–H and O–H groups in total. The Morgan fingerprint density at radius 2 is 2.15 bits per heavy atom. The van der Waals surface area contributed by atoms with Crippen LogP contribution in [0.1, 0.15) is 57.2 Å². The maximum atomic E-state index is 5.80. The van der Waals surface area contributed by atoms with Crippen LogP contribution in [0.4, 0.5) is 0 Å². The SMILES string of the molecule is COC1(c2noc(CC3CCCN3)n2)CCC(C)CC1. The molecule has 0 radical (unpaired) electrons. The Kier molecular flexibility index (Phi) is 4.08. The third-order valence-corrected chi connectivity index (χ3v) is 4.93. The van der Waals surface area contributed by atoms with E-state index in [0.29, 0.717) is 6.04 Å². The fraction of sp³-hybridized carbons (Fsp3) is 0.867. The number of nitrogens with one attached hydrogen (secondary N) is 1. The van der Waals surface area contributed by atoms with Gasteiger partial charge in [0, 0.05) is 19.6 Å². The second-order valence-electron chi connectivity index (χ2n) is 6.39. The number of hydrogen-bond acceptors (Lipinski definition) is 5. The van der Waals surface area contributed by atoms with Crippen LogP contribution in [0.25, 0.3) is 0 Å². The number of methoxy groups -OCH3 is 1. The molecule has 5 nitrogen and oxygen atoms in total. The predicted molar refractivity (Wildman–Crippen MR) is 75.3 cm³/mol. The Morgan fingerprint density at radius 3 is 2.80 bits per heavy atom. The van der Waals surface area contributed by atoms with E-state index in [0.717, 1.165) is 43.4 Å². The van der Waals surface area contributed by atoms with Gasteiger partial charge in [0.1, 0.15) is 5.60 Å². The van der Waals surface area contributed by atoms with Gasteiger partial charge in [0.2, 0.25) is 11.7 Å². The van der Waals surface area contributed by atoms with Crippen LogP contribution in [-0.4, -0.2) is 29.8 Å². The molecule has 1 saturated heterocycles. The maximum Gasteiger partial charge on any atom is 0.228 e. The van der Waals surface area contributed by atoms with Crippen LogP contribution in [0.15, 0.2) is 4.52 Å². The third kappa shape index (κ3) is 2.74. The lowest BCUT2D eigenvalue weighted by atomic mass is 9.79. The summed E-state index contributed by atoms with van der Waals surface area (Å²) in [6.45, 7) is 3.40. The predicted octanol–water partition coefficient (Wildman–Crippen LogP) is 2.42. The molecule has 1 aromatic rings. The highest BCUT2D eigenvalue weighted by molar-refractivity contribution is 5.04. The fourth-order valence-electron chi connectivity index (χ4n) is 3.41. The first-order chi connectivity index (χ1) is 9.72. The van der Waals surface area contributed by atoms with Crippen molar-refractivity contribution in [2.45, 2.75) is 63.5 Å². The summed E-state index contributed by atoms with van der Waals surface area (Å²) in [5.41, 5.74) is -0.322. The zero-order valence-electron chi connectivity index (χ0n) is 12.5. The van der Waals surface area contributed by atoms with E-state index in [1.54, 1.807) is 7.11 Å². The van der Waals surface area contributed by atoms with E-state index in [1.807, 2.05) is 0 Å². The normalized spacial score (nSPS) is 34.5. The summed E-state index contributed by atoms with van der Waals surface area (Å²) in [4.78, 5) is 4.62. The van der Waals surface area contributed by atoms with Gasteiger partial charge in [-0.2, -0.15) is 4.98 Å². The number of nitrogens with zero attached hydrogens (tertiary/aromatic N) is 2. The zero-order chi connectivity index (χ0) is 14.0. The maximum absolute atomic E-state index is 5.80. The Bertz CT molecular complexity index is 432. The van der Waals surface area contributed by atoms with E-state index in [9.17, 15) is 0 Å². The van der Waals surface area contributed by atoms with Gasteiger partial charge < -0.3 is 14.6 Å². The van der Waals surface area contributed by atoms with Crippen molar-refractivity contribution >= 4 is 0 Å². The van der Waals surface area contributed by atoms with Crippen molar-refractivity contribution < 1.29 is 9.26 Å². The minimum Gasteiger partial charge on any atom is -0.370 e. The molecule has 2 aliphatic rings. The Morgan fingerprint density at radius 1 is 1.35 bits per heavy atom. The highest BCUT2D eigenvalue weighted by atomic mass is 16.5. The number of hydrogen-bond donors (Lipinski definition) is 1. The molecule has 1 unspecified atom stereocenters. The molecule has 1 atom stereocenters. The first kappa shape index (κ1) is 14.0. The van der Waals surface area contributed by atoms with Gasteiger partial charge in [0.15, 0.2) is 0 Å². The summed E-state index contributed by atoms with van der Waals surface area (Å²) in [6, 6.07) is 0.494.